The Morgan fingerprint density at radius 2 is 2.04 bits per heavy atom. The lowest BCUT2D eigenvalue weighted by molar-refractivity contribution is -0.137. The number of anilines is 1. The summed E-state index contributed by atoms with van der Waals surface area (Å²) in [6.45, 7) is 1.03. The van der Waals surface area contributed by atoms with E-state index in [0.29, 0.717) is 19.0 Å². The van der Waals surface area contributed by atoms with E-state index in [4.69, 9.17) is 0 Å². The SMILES string of the molecule is O=C(Nc1cccc(C(F)(F)F)c1)N1CCC(n2cnnc2C2CC2)C1. The molecular formula is C17H18F3N5O. The number of carbonyl (C=O) groups excluding carboxylic acids is 1. The molecule has 1 saturated carbocycles. The second kappa shape index (κ2) is 6.30. The number of rotatable bonds is 3. The lowest BCUT2D eigenvalue weighted by Gasteiger charge is -2.19. The maximum atomic E-state index is 12.8. The van der Waals surface area contributed by atoms with Crippen molar-refractivity contribution in [3.8, 4) is 0 Å². The topological polar surface area (TPSA) is 63.1 Å². The molecule has 2 amide bonds. The molecule has 0 spiro atoms. The number of alkyl halides is 3. The van der Waals surface area contributed by atoms with Crippen LogP contribution in [0.15, 0.2) is 30.6 Å². The molecule has 1 aliphatic carbocycles. The summed E-state index contributed by atoms with van der Waals surface area (Å²) in [4.78, 5) is 14.0. The van der Waals surface area contributed by atoms with E-state index in [9.17, 15) is 18.0 Å². The normalized spacial score (nSPS) is 20.4. The fourth-order valence-electron chi connectivity index (χ4n) is 3.30. The zero-order chi connectivity index (χ0) is 18.3. The Hall–Kier alpha value is -2.58. The van der Waals surface area contributed by atoms with Crippen LogP contribution in [0.1, 0.15) is 42.6 Å². The Balaban J connectivity index is 1.41. The van der Waals surface area contributed by atoms with Gasteiger partial charge in [-0.25, -0.2) is 4.79 Å². The number of hydrogen-bond acceptors (Lipinski definition) is 3. The van der Waals surface area contributed by atoms with Crippen LogP contribution in [0.2, 0.25) is 0 Å². The first kappa shape index (κ1) is 16.9. The summed E-state index contributed by atoms with van der Waals surface area (Å²) in [6, 6.07) is 4.36. The molecule has 1 saturated heterocycles. The molecule has 9 heteroatoms. The van der Waals surface area contributed by atoms with Gasteiger partial charge in [0.15, 0.2) is 0 Å². The predicted octanol–water partition coefficient (Wildman–Crippen LogP) is 3.65. The van der Waals surface area contributed by atoms with Crippen molar-refractivity contribution in [1.82, 2.24) is 19.7 Å². The van der Waals surface area contributed by atoms with Crippen LogP contribution in [0.25, 0.3) is 0 Å². The summed E-state index contributed by atoms with van der Waals surface area (Å²) in [7, 11) is 0. The van der Waals surface area contributed by atoms with Crippen LogP contribution < -0.4 is 5.32 Å². The molecule has 4 rings (SSSR count). The van der Waals surface area contributed by atoms with Crippen molar-refractivity contribution in [2.45, 2.75) is 37.4 Å². The van der Waals surface area contributed by atoms with E-state index in [0.717, 1.165) is 37.2 Å². The highest BCUT2D eigenvalue weighted by Gasteiger charge is 2.34. The minimum Gasteiger partial charge on any atom is -0.322 e. The number of carbonyl (C=O) groups is 1. The molecule has 2 heterocycles. The maximum absolute atomic E-state index is 12.8. The Morgan fingerprint density at radius 3 is 2.77 bits per heavy atom. The van der Waals surface area contributed by atoms with Crippen LogP contribution in [0, 0.1) is 0 Å². The molecule has 1 atom stereocenters. The molecule has 0 radical (unpaired) electrons. The van der Waals surface area contributed by atoms with Crippen LogP contribution in [0.4, 0.5) is 23.7 Å². The molecule has 6 nitrogen and oxygen atoms in total. The van der Waals surface area contributed by atoms with Crippen molar-refractivity contribution in [3.63, 3.8) is 0 Å². The third kappa shape index (κ3) is 3.38. The molecule has 26 heavy (non-hydrogen) atoms. The second-order valence-electron chi connectivity index (χ2n) is 6.77. The average molecular weight is 365 g/mol. The van der Waals surface area contributed by atoms with E-state index in [1.165, 1.54) is 12.1 Å². The van der Waals surface area contributed by atoms with Gasteiger partial charge in [0.2, 0.25) is 0 Å². The number of benzene rings is 1. The first-order valence-corrected chi connectivity index (χ1v) is 8.54. The van der Waals surface area contributed by atoms with E-state index >= 15 is 0 Å². The quantitative estimate of drug-likeness (QED) is 0.903. The molecule has 1 aromatic carbocycles. The van der Waals surface area contributed by atoms with Crippen molar-refractivity contribution < 1.29 is 18.0 Å². The Kier molecular flexibility index (Phi) is 4.08. The van der Waals surface area contributed by atoms with Crippen molar-refractivity contribution in [2.75, 3.05) is 18.4 Å². The summed E-state index contributed by atoms with van der Waals surface area (Å²) in [5, 5.41) is 10.7. The van der Waals surface area contributed by atoms with Gasteiger partial charge in [-0.15, -0.1) is 10.2 Å². The number of likely N-dealkylation sites (tertiary alicyclic amines) is 1. The molecular weight excluding hydrogens is 347 g/mol. The third-order valence-electron chi connectivity index (χ3n) is 4.83. The number of aromatic nitrogens is 3. The molecule has 2 aliphatic rings. The molecule has 1 unspecified atom stereocenters. The van der Waals surface area contributed by atoms with Gasteiger partial charge in [-0.3, -0.25) is 0 Å². The van der Waals surface area contributed by atoms with Gasteiger partial charge >= 0.3 is 12.2 Å². The molecule has 0 bridgehead atoms. The van der Waals surface area contributed by atoms with Crippen molar-refractivity contribution in [3.05, 3.63) is 42.0 Å². The van der Waals surface area contributed by atoms with Gasteiger partial charge in [-0.05, 0) is 37.5 Å². The van der Waals surface area contributed by atoms with Crippen LogP contribution in [-0.2, 0) is 6.18 Å². The zero-order valence-electron chi connectivity index (χ0n) is 13.9. The Labute approximate surface area is 148 Å². The van der Waals surface area contributed by atoms with Gasteiger partial charge < -0.3 is 14.8 Å². The van der Waals surface area contributed by atoms with Crippen molar-refractivity contribution in [2.24, 2.45) is 0 Å². The minimum absolute atomic E-state index is 0.104. The summed E-state index contributed by atoms with van der Waals surface area (Å²) in [5.74, 6) is 1.43. The number of halogens is 3. The summed E-state index contributed by atoms with van der Waals surface area (Å²) < 4.78 is 40.4. The summed E-state index contributed by atoms with van der Waals surface area (Å²) in [6.07, 6.45) is 0.268. The van der Waals surface area contributed by atoms with Crippen LogP contribution in [-0.4, -0.2) is 38.8 Å². The van der Waals surface area contributed by atoms with Crippen LogP contribution >= 0.6 is 0 Å². The number of urea groups is 1. The van der Waals surface area contributed by atoms with Crippen LogP contribution in [0.5, 0.6) is 0 Å². The highest BCUT2D eigenvalue weighted by molar-refractivity contribution is 5.89. The number of nitrogens with one attached hydrogen (secondary N) is 1. The van der Waals surface area contributed by atoms with E-state index < -0.39 is 17.8 Å². The van der Waals surface area contributed by atoms with Gasteiger partial charge in [0.05, 0.1) is 11.6 Å². The van der Waals surface area contributed by atoms with Crippen LogP contribution in [0.3, 0.4) is 0 Å². The smallest absolute Gasteiger partial charge is 0.322 e. The predicted molar refractivity (Wildman–Crippen MR) is 87.7 cm³/mol. The second-order valence-corrected chi connectivity index (χ2v) is 6.77. The molecule has 1 N–H and O–H groups in total. The summed E-state index contributed by atoms with van der Waals surface area (Å²) in [5.41, 5.74) is -0.649. The third-order valence-corrected chi connectivity index (χ3v) is 4.83. The van der Waals surface area contributed by atoms with E-state index in [1.807, 2.05) is 4.57 Å². The average Bonchev–Trinajstić information content (AvgIpc) is 3.12. The zero-order valence-corrected chi connectivity index (χ0v) is 13.9. The lowest BCUT2D eigenvalue weighted by Crippen LogP contribution is -2.33. The highest BCUT2D eigenvalue weighted by Crippen LogP contribution is 2.40. The Bertz CT molecular complexity index is 815. The number of amides is 2. The molecule has 1 aromatic heterocycles. The van der Waals surface area contributed by atoms with Gasteiger partial charge in [0.25, 0.3) is 0 Å². The standard InChI is InChI=1S/C17H18F3N5O/c18-17(19,20)12-2-1-3-13(8-12)22-16(26)24-7-6-14(9-24)25-10-21-23-15(25)11-4-5-11/h1-3,8,10-11,14H,4-7,9H2,(H,22,26). The molecule has 138 valence electrons. The van der Waals surface area contributed by atoms with Gasteiger partial charge in [0.1, 0.15) is 12.2 Å². The Morgan fingerprint density at radius 1 is 1.23 bits per heavy atom. The largest absolute Gasteiger partial charge is 0.416 e. The lowest BCUT2D eigenvalue weighted by atomic mass is 10.2. The fourth-order valence-corrected chi connectivity index (χ4v) is 3.30. The van der Waals surface area contributed by atoms with Crippen molar-refractivity contribution >= 4 is 11.7 Å². The first-order valence-electron chi connectivity index (χ1n) is 8.54. The van der Waals surface area contributed by atoms with Gasteiger partial charge in [-0.1, -0.05) is 6.07 Å². The first-order chi connectivity index (χ1) is 12.4. The monoisotopic (exact) mass is 365 g/mol. The minimum atomic E-state index is -4.44. The van der Waals surface area contributed by atoms with E-state index in [-0.39, 0.29) is 11.7 Å². The summed E-state index contributed by atoms with van der Waals surface area (Å²) >= 11 is 0. The van der Waals surface area contributed by atoms with Gasteiger partial charge in [0, 0.05) is 24.7 Å². The fraction of sp³-hybridized carbons (Fsp3) is 0.471. The number of hydrogen-bond donors (Lipinski definition) is 1. The molecule has 2 aromatic rings. The maximum Gasteiger partial charge on any atom is 0.416 e. The van der Waals surface area contributed by atoms with E-state index in [1.54, 1.807) is 11.2 Å². The molecule has 2 fully saturated rings. The van der Waals surface area contributed by atoms with E-state index in [2.05, 4.69) is 15.5 Å². The highest BCUT2D eigenvalue weighted by atomic mass is 19.4. The number of nitrogens with zero attached hydrogens (tertiary/aromatic N) is 4. The van der Waals surface area contributed by atoms with Crippen molar-refractivity contribution in [1.29, 1.82) is 0 Å². The molecule has 1 aliphatic heterocycles. The van der Waals surface area contributed by atoms with Gasteiger partial charge in [-0.2, -0.15) is 13.2 Å².